The molecular weight excluding hydrogens is 300 g/mol. The topological polar surface area (TPSA) is 41.6 Å². The molecule has 122 valence electrons. The number of nitrogens with zero attached hydrogens (tertiary/aromatic N) is 1. The van der Waals surface area contributed by atoms with Crippen LogP contribution in [0.5, 0.6) is 0 Å². The van der Waals surface area contributed by atoms with Gasteiger partial charge in [-0.15, -0.1) is 12.4 Å². The van der Waals surface area contributed by atoms with Crippen molar-refractivity contribution in [2.75, 3.05) is 32.8 Å². The van der Waals surface area contributed by atoms with E-state index in [0.717, 1.165) is 39.1 Å². The summed E-state index contributed by atoms with van der Waals surface area (Å²) in [5.74, 6) is 0.875. The van der Waals surface area contributed by atoms with Gasteiger partial charge in [-0.3, -0.25) is 4.79 Å². The smallest absolute Gasteiger partial charge is 0.224 e. The van der Waals surface area contributed by atoms with E-state index in [9.17, 15) is 4.79 Å². The van der Waals surface area contributed by atoms with Gasteiger partial charge < -0.3 is 15.0 Å². The van der Waals surface area contributed by atoms with Crippen LogP contribution in [-0.2, 0) is 16.0 Å². The summed E-state index contributed by atoms with van der Waals surface area (Å²) in [5, 5.41) is 3.35. The molecule has 0 aliphatic carbocycles. The fraction of sp³-hybridized carbons (Fsp3) is 0.588. The number of rotatable bonds is 4. The molecule has 2 aliphatic rings. The normalized spacial score (nSPS) is 24.8. The molecule has 2 fully saturated rings. The first kappa shape index (κ1) is 17.3. The number of halogens is 1. The number of hydrogen-bond acceptors (Lipinski definition) is 3. The minimum Gasteiger partial charge on any atom is -0.378 e. The predicted octanol–water partition coefficient (Wildman–Crippen LogP) is 1.88. The molecule has 2 atom stereocenters. The molecular formula is C17H25ClN2O2. The van der Waals surface area contributed by atoms with Crippen molar-refractivity contribution in [3.63, 3.8) is 0 Å². The number of hydrogen-bond donors (Lipinski definition) is 1. The summed E-state index contributed by atoms with van der Waals surface area (Å²) >= 11 is 0. The van der Waals surface area contributed by atoms with Gasteiger partial charge in [-0.05, 0) is 24.3 Å². The van der Waals surface area contributed by atoms with Crippen LogP contribution in [0.1, 0.15) is 18.4 Å². The van der Waals surface area contributed by atoms with E-state index < -0.39 is 0 Å². The van der Waals surface area contributed by atoms with Gasteiger partial charge in [-0.1, -0.05) is 30.3 Å². The molecule has 0 aromatic heterocycles. The van der Waals surface area contributed by atoms with Gasteiger partial charge in [0.25, 0.3) is 0 Å². The first-order valence-electron chi connectivity index (χ1n) is 7.94. The number of carbonyl (C=O) groups is 1. The van der Waals surface area contributed by atoms with Crippen LogP contribution in [0.2, 0.25) is 0 Å². The van der Waals surface area contributed by atoms with Crippen LogP contribution in [0.3, 0.4) is 0 Å². The van der Waals surface area contributed by atoms with Crippen LogP contribution in [0.4, 0.5) is 0 Å². The summed E-state index contributed by atoms with van der Waals surface area (Å²) in [4.78, 5) is 14.4. The van der Waals surface area contributed by atoms with Crippen LogP contribution < -0.4 is 5.32 Å². The molecule has 2 saturated heterocycles. The van der Waals surface area contributed by atoms with Gasteiger partial charge in [-0.2, -0.15) is 0 Å². The van der Waals surface area contributed by atoms with E-state index in [4.69, 9.17) is 4.74 Å². The molecule has 1 aromatic carbocycles. The van der Waals surface area contributed by atoms with Crippen LogP contribution in [0.25, 0.3) is 0 Å². The summed E-state index contributed by atoms with van der Waals surface area (Å²) in [5.41, 5.74) is 1.37. The Balaban J connectivity index is 0.00000176. The van der Waals surface area contributed by atoms with Crippen molar-refractivity contribution < 1.29 is 9.53 Å². The fourth-order valence-electron chi connectivity index (χ4n) is 3.26. The summed E-state index contributed by atoms with van der Waals surface area (Å²) in [7, 11) is 0. The highest BCUT2D eigenvalue weighted by Crippen LogP contribution is 2.21. The molecule has 2 unspecified atom stereocenters. The third-order valence-electron chi connectivity index (χ3n) is 4.43. The minimum absolute atomic E-state index is 0. The van der Waals surface area contributed by atoms with Gasteiger partial charge in [-0.25, -0.2) is 0 Å². The highest BCUT2D eigenvalue weighted by molar-refractivity contribution is 5.85. The molecule has 2 aliphatic heterocycles. The van der Waals surface area contributed by atoms with E-state index in [-0.39, 0.29) is 24.4 Å². The molecule has 1 N–H and O–H groups in total. The van der Waals surface area contributed by atoms with Crippen molar-refractivity contribution in [3.8, 4) is 0 Å². The van der Waals surface area contributed by atoms with Crippen molar-refractivity contribution in [1.82, 2.24) is 10.2 Å². The van der Waals surface area contributed by atoms with Crippen LogP contribution in [0.15, 0.2) is 30.3 Å². The Labute approximate surface area is 138 Å². The monoisotopic (exact) mass is 324 g/mol. The van der Waals surface area contributed by atoms with Crippen molar-refractivity contribution in [2.24, 2.45) is 5.92 Å². The lowest BCUT2D eigenvalue weighted by Crippen LogP contribution is -2.44. The lowest BCUT2D eigenvalue weighted by Gasteiger charge is -2.25. The van der Waals surface area contributed by atoms with Crippen molar-refractivity contribution in [2.45, 2.75) is 25.3 Å². The number of benzene rings is 1. The van der Waals surface area contributed by atoms with E-state index in [1.54, 1.807) is 0 Å². The second kappa shape index (κ2) is 8.51. The Bertz CT molecular complexity index is 463. The summed E-state index contributed by atoms with van der Waals surface area (Å²) in [6.07, 6.45) is 2.77. The van der Waals surface area contributed by atoms with Gasteiger partial charge in [0.05, 0.1) is 13.2 Å². The van der Waals surface area contributed by atoms with E-state index in [1.165, 1.54) is 5.56 Å². The Hall–Kier alpha value is -1.10. The van der Waals surface area contributed by atoms with Crippen molar-refractivity contribution in [3.05, 3.63) is 35.9 Å². The van der Waals surface area contributed by atoms with E-state index in [2.05, 4.69) is 29.6 Å². The Morgan fingerprint density at radius 3 is 2.86 bits per heavy atom. The quantitative estimate of drug-likeness (QED) is 0.919. The molecule has 0 radical (unpaired) electrons. The van der Waals surface area contributed by atoms with Gasteiger partial charge in [0, 0.05) is 32.1 Å². The molecule has 0 saturated carbocycles. The molecule has 5 heteroatoms. The summed E-state index contributed by atoms with van der Waals surface area (Å²) < 4.78 is 5.41. The van der Waals surface area contributed by atoms with E-state index >= 15 is 0 Å². The average Bonchev–Trinajstić information content (AvgIpc) is 2.98. The van der Waals surface area contributed by atoms with Gasteiger partial charge >= 0.3 is 0 Å². The maximum Gasteiger partial charge on any atom is 0.224 e. The molecule has 4 nitrogen and oxygen atoms in total. The summed E-state index contributed by atoms with van der Waals surface area (Å²) in [6, 6.07) is 10.8. The largest absolute Gasteiger partial charge is 0.378 e. The van der Waals surface area contributed by atoms with Crippen LogP contribution in [0, 0.1) is 5.92 Å². The predicted molar refractivity (Wildman–Crippen MR) is 89.3 cm³/mol. The zero-order chi connectivity index (χ0) is 14.5. The molecule has 1 amide bonds. The number of likely N-dealkylation sites (tertiary alicyclic amines) is 1. The maximum atomic E-state index is 12.3. The summed E-state index contributed by atoms with van der Waals surface area (Å²) in [6.45, 7) is 4.08. The fourth-order valence-corrected chi connectivity index (χ4v) is 3.26. The second-order valence-corrected chi connectivity index (χ2v) is 6.11. The molecule has 2 heterocycles. The highest BCUT2D eigenvalue weighted by Gasteiger charge is 2.28. The SMILES string of the molecule is Cl.O=C(CC1COCCN1)N1CCC(Cc2ccccc2)C1. The number of morpholine rings is 1. The third kappa shape index (κ3) is 4.70. The number of amides is 1. The zero-order valence-electron chi connectivity index (χ0n) is 12.9. The average molecular weight is 325 g/mol. The van der Waals surface area contributed by atoms with Crippen molar-refractivity contribution >= 4 is 18.3 Å². The van der Waals surface area contributed by atoms with Crippen LogP contribution >= 0.6 is 12.4 Å². The van der Waals surface area contributed by atoms with E-state index in [1.807, 2.05) is 11.0 Å². The molecule has 3 rings (SSSR count). The maximum absolute atomic E-state index is 12.3. The van der Waals surface area contributed by atoms with Gasteiger partial charge in [0.1, 0.15) is 0 Å². The second-order valence-electron chi connectivity index (χ2n) is 6.11. The van der Waals surface area contributed by atoms with E-state index in [0.29, 0.717) is 18.9 Å². The minimum atomic E-state index is 0. The van der Waals surface area contributed by atoms with Gasteiger partial charge in [0.15, 0.2) is 0 Å². The number of ether oxygens (including phenoxy) is 1. The molecule has 0 bridgehead atoms. The standard InChI is InChI=1S/C17H24N2O2.ClH/c20-17(11-16-13-21-9-7-18-16)19-8-6-15(12-19)10-14-4-2-1-3-5-14;/h1-5,15-16,18H,6-13H2;1H. The Kier molecular flexibility index (Phi) is 6.68. The Morgan fingerprint density at radius 1 is 1.32 bits per heavy atom. The molecule has 22 heavy (non-hydrogen) atoms. The number of carbonyl (C=O) groups excluding carboxylic acids is 1. The lowest BCUT2D eigenvalue weighted by molar-refractivity contribution is -0.131. The lowest BCUT2D eigenvalue weighted by atomic mass is 9.99. The van der Waals surface area contributed by atoms with Crippen molar-refractivity contribution in [1.29, 1.82) is 0 Å². The molecule has 0 spiro atoms. The number of nitrogens with one attached hydrogen (secondary N) is 1. The van der Waals surface area contributed by atoms with Gasteiger partial charge in [0.2, 0.25) is 5.91 Å². The molecule has 1 aromatic rings. The Morgan fingerprint density at radius 2 is 2.14 bits per heavy atom. The highest BCUT2D eigenvalue weighted by atomic mass is 35.5. The first-order chi connectivity index (χ1) is 10.3. The van der Waals surface area contributed by atoms with Crippen LogP contribution in [-0.4, -0.2) is 49.7 Å². The zero-order valence-corrected chi connectivity index (χ0v) is 13.7. The third-order valence-corrected chi connectivity index (χ3v) is 4.43. The first-order valence-corrected chi connectivity index (χ1v) is 7.94.